The van der Waals surface area contributed by atoms with Crippen LogP contribution in [0.2, 0.25) is 0 Å². The topological polar surface area (TPSA) is 102 Å². The number of aliphatic carboxylic acids is 1. The second-order valence-corrected chi connectivity index (χ2v) is 6.17. The van der Waals surface area contributed by atoms with E-state index in [9.17, 15) is 14.7 Å². The molecule has 8 nitrogen and oxygen atoms in total. The van der Waals surface area contributed by atoms with Crippen LogP contribution >= 0.6 is 0 Å². The van der Waals surface area contributed by atoms with E-state index in [0.29, 0.717) is 23.7 Å². The van der Waals surface area contributed by atoms with Gasteiger partial charge in [-0.1, -0.05) is 5.16 Å². The number of aryl methyl sites for hydroxylation is 2. The fourth-order valence-electron chi connectivity index (χ4n) is 2.82. The molecule has 27 heavy (non-hydrogen) atoms. The number of benzene rings is 1. The Balaban J connectivity index is 2.14. The minimum absolute atomic E-state index is 0.139. The Kier molecular flexibility index (Phi) is 6.81. The van der Waals surface area contributed by atoms with Crippen LogP contribution in [0.25, 0.3) is 0 Å². The number of carbonyl (C=O) groups excluding carboxylic acids is 1. The zero-order chi connectivity index (χ0) is 20.0. The number of rotatable bonds is 9. The largest absolute Gasteiger partial charge is 0.497 e. The van der Waals surface area contributed by atoms with E-state index in [0.717, 1.165) is 16.8 Å². The minimum Gasteiger partial charge on any atom is -0.497 e. The van der Waals surface area contributed by atoms with Crippen LogP contribution in [-0.2, 0) is 22.6 Å². The van der Waals surface area contributed by atoms with Gasteiger partial charge in [-0.25, -0.2) is 0 Å². The van der Waals surface area contributed by atoms with E-state index in [1.807, 2.05) is 6.92 Å². The monoisotopic (exact) mass is 376 g/mol. The third-order valence-corrected chi connectivity index (χ3v) is 4.23. The zero-order valence-corrected chi connectivity index (χ0v) is 15.9. The second kappa shape index (κ2) is 9.07. The Labute approximate surface area is 157 Å². The van der Waals surface area contributed by atoms with Gasteiger partial charge in [0, 0.05) is 24.6 Å². The molecule has 1 amide bonds. The molecule has 0 atom stereocenters. The highest BCUT2D eigenvalue weighted by Crippen LogP contribution is 2.24. The van der Waals surface area contributed by atoms with Crippen LogP contribution in [0.3, 0.4) is 0 Å². The molecule has 0 radical (unpaired) electrons. The summed E-state index contributed by atoms with van der Waals surface area (Å²) in [6.07, 6.45) is 0.606. The highest BCUT2D eigenvalue weighted by Gasteiger charge is 2.19. The molecule has 0 aliphatic carbocycles. The first kappa shape index (κ1) is 20.3. The first-order valence-electron chi connectivity index (χ1n) is 8.47. The zero-order valence-electron chi connectivity index (χ0n) is 15.9. The number of amides is 1. The molecule has 0 fully saturated rings. The Bertz CT molecular complexity index is 773. The van der Waals surface area contributed by atoms with Crippen molar-refractivity contribution in [3.05, 3.63) is 40.8 Å². The number of methoxy groups -OCH3 is 2. The standard InChI is InChI=1S/C19H24N2O6/c1-12-17(13(2)27-20-12)5-6-18(22)21(11-19(23)24)10-14-7-15(25-3)9-16(8-14)26-4/h7-9H,5-6,10-11H2,1-4H3,(H,23,24). The SMILES string of the molecule is COc1cc(CN(CC(=O)O)C(=O)CCc2c(C)noc2C)cc(OC)c1. The molecule has 0 unspecified atom stereocenters. The Morgan fingerprint density at radius 3 is 2.26 bits per heavy atom. The number of aromatic nitrogens is 1. The van der Waals surface area contributed by atoms with Gasteiger partial charge in [0.25, 0.3) is 0 Å². The summed E-state index contributed by atoms with van der Waals surface area (Å²) in [4.78, 5) is 25.2. The van der Waals surface area contributed by atoms with Crippen molar-refractivity contribution in [1.82, 2.24) is 10.1 Å². The molecular weight excluding hydrogens is 352 g/mol. The molecule has 2 rings (SSSR count). The number of hydrogen-bond acceptors (Lipinski definition) is 6. The van der Waals surface area contributed by atoms with Crippen molar-refractivity contribution in [3.63, 3.8) is 0 Å². The molecule has 0 saturated carbocycles. The summed E-state index contributed by atoms with van der Waals surface area (Å²) in [5.74, 6) is 0.475. The van der Waals surface area contributed by atoms with Crippen molar-refractivity contribution in [2.75, 3.05) is 20.8 Å². The maximum atomic E-state index is 12.7. The number of ether oxygens (including phenoxy) is 2. The number of hydrogen-bond donors (Lipinski definition) is 1. The van der Waals surface area contributed by atoms with E-state index >= 15 is 0 Å². The number of carboxylic acid groups (broad SMARTS) is 1. The molecular formula is C19H24N2O6. The minimum atomic E-state index is -1.07. The van der Waals surface area contributed by atoms with E-state index in [4.69, 9.17) is 14.0 Å². The van der Waals surface area contributed by atoms with Crippen LogP contribution in [0.15, 0.2) is 22.7 Å². The predicted molar refractivity (Wildman–Crippen MR) is 96.9 cm³/mol. The van der Waals surface area contributed by atoms with Crippen molar-refractivity contribution in [2.24, 2.45) is 0 Å². The summed E-state index contributed by atoms with van der Waals surface area (Å²) in [6, 6.07) is 5.21. The molecule has 0 saturated heterocycles. The van der Waals surface area contributed by atoms with Crippen LogP contribution in [0.4, 0.5) is 0 Å². The lowest BCUT2D eigenvalue weighted by atomic mass is 10.1. The number of nitrogens with zero attached hydrogens (tertiary/aromatic N) is 2. The molecule has 1 aromatic carbocycles. The van der Waals surface area contributed by atoms with E-state index in [1.54, 1.807) is 25.1 Å². The fourth-order valence-corrected chi connectivity index (χ4v) is 2.82. The van der Waals surface area contributed by atoms with Gasteiger partial charge in [-0.05, 0) is 38.0 Å². The van der Waals surface area contributed by atoms with Crippen molar-refractivity contribution >= 4 is 11.9 Å². The first-order chi connectivity index (χ1) is 12.8. The summed E-state index contributed by atoms with van der Waals surface area (Å²) < 4.78 is 15.6. The van der Waals surface area contributed by atoms with Gasteiger partial charge >= 0.3 is 5.97 Å². The van der Waals surface area contributed by atoms with Crippen LogP contribution in [0.1, 0.15) is 29.0 Å². The smallest absolute Gasteiger partial charge is 0.323 e. The molecule has 1 heterocycles. The maximum Gasteiger partial charge on any atom is 0.323 e. The van der Waals surface area contributed by atoms with Gasteiger partial charge in [-0.15, -0.1) is 0 Å². The van der Waals surface area contributed by atoms with Crippen LogP contribution < -0.4 is 9.47 Å². The quantitative estimate of drug-likeness (QED) is 0.717. The van der Waals surface area contributed by atoms with Gasteiger partial charge in [-0.2, -0.15) is 0 Å². The average molecular weight is 376 g/mol. The third kappa shape index (κ3) is 5.47. The van der Waals surface area contributed by atoms with E-state index in [-0.39, 0.29) is 25.4 Å². The Morgan fingerprint density at radius 2 is 1.78 bits per heavy atom. The van der Waals surface area contributed by atoms with Crippen molar-refractivity contribution in [1.29, 1.82) is 0 Å². The molecule has 2 aromatic rings. The molecule has 1 N–H and O–H groups in total. The summed E-state index contributed by atoms with van der Waals surface area (Å²) >= 11 is 0. The third-order valence-electron chi connectivity index (χ3n) is 4.23. The fraction of sp³-hybridized carbons (Fsp3) is 0.421. The van der Waals surface area contributed by atoms with Crippen molar-refractivity contribution in [3.8, 4) is 11.5 Å². The summed E-state index contributed by atoms with van der Waals surface area (Å²) in [5, 5.41) is 13.1. The molecule has 0 aliphatic heterocycles. The van der Waals surface area contributed by atoms with Crippen LogP contribution in [0, 0.1) is 13.8 Å². The van der Waals surface area contributed by atoms with Gasteiger partial charge in [-0.3, -0.25) is 9.59 Å². The van der Waals surface area contributed by atoms with E-state index in [2.05, 4.69) is 5.16 Å². The normalized spacial score (nSPS) is 10.5. The van der Waals surface area contributed by atoms with Gasteiger partial charge in [0.1, 0.15) is 23.8 Å². The molecule has 0 spiro atoms. The summed E-state index contributed by atoms with van der Waals surface area (Å²) in [6.45, 7) is 3.35. The lowest BCUT2D eigenvalue weighted by Crippen LogP contribution is -2.35. The van der Waals surface area contributed by atoms with Gasteiger partial charge in [0.2, 0.25) is 5.91 Å². The van der Waals surface area contributed by atoms with Crippen molar-refractivity contribution < 1.29 is 28.7 Å². The van der Waals surface area contributed by atoms with Crippen LogP contribution in [0.5, 0.6) is 11.5 Å². The lowest BCUT2D eigenvalue weighted by Gasteiger charge is -2.21. The Hall–Kier alpha value is -3.03. The summed E-state index contributed by atoms with van der Waals surface area (Å²) in [7, 11) is 3.06. The van der Waals surface area contributed by atoms with Gasteiger partial charge < -0.3 is 24.0 Å². The maximum absolute atomic E-state index is 12.7. The van der Waals surface area contributed by atoms with Crippen LogP contribution in [-0.4, -0.2) is 47.8 Å². The lowest BCUT2D eigenvalue weighted by molar-refractivity contribution is -0.144. The number of carboxylic acids is 1. The molecule has 8 heteroatoms. The van der Waals surface area contributed by atoms with E-state index < -0.39 is 5.97 Å². The molecule has 146 valence electrons. The van der Waals surface area contributed by atoms with Gasteiger partial charge in [0.15, 0.2) is 0 Å². The van der Waals surface area contributed by atoms with Crippen molar-refractivity contribution in [2.45, 2.75) is 33.2 Å². The Morgan fingerprint density at radius 1 is 1.15 bits per heavy atom. The molecule has 0 bridgehead atoms. The van der Waals surface area contributed by atoms with Gasteiger partial charge in [0.05, 0.1) is 19.9 Å². The van der Waals surface area contributed by atoms with E-state index in [1.165, 1.54) is 19.1 Å². The highest BCUT2D eigenvalue weighted by molar-refractivity contribution is 5.81. The highest BCUT2D eigenvalue weighted by atomic mass is 16.5. The summed E-state index contributed by atoms with van der Waals surface area (Å²) in [5.41, 5.74) is 2.34. The molecule has 1 aromatic heterocycles. The first-order valence-corrected chi connectivity index (χ1v) is 8.47. The second-order valence-electron chi connectivity index (χ2n) is 6.17. The molecule has 0 aliphatic rings. The predicted octanol–water partition coefficient (Wildman–Crippen LogP) is 2.35. The average Bonchev–Trinajstić information content (AvgIpc) is 2.96. The number of carbonyl (C=O) groups is 2.